The standard InChI is InChI=1S/C11H17ClN2/c1-10(2)9(11(10,3)4)14-7-13-6-8(14)5-12/h6-7,9H,5H2,1-4H3. The first-order valence-corrected chi connectivity index (χ1v) is 5.53. The molecule has 1 heterocycles. The van der Waals surface area contributed by atoms with Crippen LogP contribution in [0.25, 0.3) is 0 Å². The second-order valence-corrected chi connectivity index (χ2v) is 5.54. The minimum atomic E-state index is 0.342. The van der Waals surface area contributed by atoms with Crippen LogP contribution in [0.5, 0.6) is 0 Å². The Morgan fingerprint density at radius 2 is 1.93 bits per heavy atom. The molecule has 2 rings (SSSR count). The van der Waals surface area contributed by atoms with Crippen LogP contribution in [0.4, 0.5) is 0 Å². The van der Waals surface area contributed by atoms with Crippen molar-refractivity contribution in [3.63, 3.8) is 0 Å². The Balaban J connectivity index is 2.36. The van der Waals surface area contributed by atoms with Crippen molar-refractivity contribution < 1.29 is 0 Å². The third kappa shape index (κ3) is 1.07. The predicted molar refractivity (Wildman–Crippen MR) is 58.4 cm³/mol. The van der Waals surface area contributed by atoms with Crippen LogP contribution in [0, 0.1) is 10.8 Å². The Labute approximate surface area is 90.3 Å². The Bertz CT molecular complexity index is 338. The van der Waals surface area contributed by atoms with Crippen molar-refractivity contribution in [2.24, 2.45) is 10.8 Å². The molecule has 1 fully saturated rings. The summed E-state index contributed by atoms with van der Waals surface area (Å²) in [4.78, 5) is 4.16. The fourth-order valence-electron chi connectivity index (χ4n) is 2.52. The molecule has 0 bridgehead atoms. The second kappa shape index (κ2) is 2.75. The summed E-state index contributed by atoms with van der Waals surface area (Å²) in [5.41, 5.74) is 1.80. The van der Waals surface area contributed by atoms with Gasteiger partial charge in [0.2, 0.25) is 0 Å². The first-order valence-electron chi connectivity index (χ1n) is 4.99. The third-order valence-electron chi connectivity index (χ3n) is 4.11. The summed E-state index contributed by atoms with van der Waals surface area (Å²) in [7, 11) is 0. The van der Waals surface area contributed by atoms with E-state index in [1.54, 1.807) is 0 Å². The Hall–Kier alpha value is -0.500. The molecule has 0 saturated heterocycles. The van der Waals surface area contributed by atoms with Crippen molar-refractivity contribution in [2.75, 3.05) is 0 Å². The molecule has 1 aromatic heterocycles. The highest BCUT2D eigenvalue weighted by Gasteiger charge is 2.66. The lowest BCUT2D eigenvalue weighted by Gasteiger charge is -2.07. The topological polar surface area (TPSA) is 17.8 Å². The number of imidazole rings is 1. The molecule has 1 saturated carbocycles. The molecular formula is C11H17ClN2. The van der Waals surface area contributed by atoms with Gasteiger partial charge in [0.25, 0.3) is 0 Å². The average Bonchev–Trinajstić information content (AvgIpc) is 2.51. The number of alkyl halides is 1. The number of hydrogen-bond acceptors (Lipinski definition) is 1. The summed E-state index contributed by atoms with van der Waals surface area (Å²) in [6.07, 6.45) is 3.76. The molecule has 0 aliphatic heterocycles. The SMILES string of the molecule is CC1(C)C(n2cncc2CCl)C1(C)C. The third-order valence-corrected chi connectivity index (χ3v) is 4.38. The largest absolute Gasteiger partial charge is 0.329 e. The van der Waals surface area contributed by atoms with Crippen LogP contribution in [-0.2, 0) is 5.88 Å². The quantitative estimate of drug-likeness (QED) is 0.689. The fraction of sp³-hybridized carbons (Fsp3) is 0.727. The van der Waals surface area contributed by atoms with Crippen LogP contribution in [-0.4, -0.2) is 9.55 Å². The zero-order valence-electron chi connectivity index (χ0n) is 9.21. The fourth-order valence-corrected chi connectivity index (χ4v) is 2.73. The molecular weight excluding hydrogens is 196 g/mol. The van der Waals surface area contributed by atoms with Gasteiger partial charge in [-0.1, -0.05) is 27.7 Å². The van der Waals surface area contributed by atoms with Crippen LogP contribution in [0.3, 0.4) is 0 Å². The van der Waals surface area contributed by atoms with Gasteiger partial charge < -0.3 is 4.57 Å². The lowest BCUT2D eigenvalue weighted by molar-refractivity contribution is 0.457. The molecule has 0 spiro atoms. The van der Waals surface area contributed by atoms with Gasteiger partial charge >= 0.3 is 0 Å². The van der Waals surface area contributed by atoms with Crippen molar-refractivity contribution in [1.82, 2.24) is 9.55 Å². The van der Waals surface area contributed by atoms with E-state index in [9.17, 15) is 0 Å². The van der Waals surface area contributed by atoms with Gasteiger partial charge in [-0.25, -0.2) is 4.98 Å². The second-order valence-electron chi connectivity index (χ2n) is 5.27. The molecule has 0 unspecified atom stereocenters. The summed E-state index contributed by atoms with van der Waals surface area (Å²) in [5.74, 6) is 0.544. The Morgan fingerprint density at radius 1 is 1.36 bits per heavy atom. The van der Waals surface area contributed by atoms with E-state index in [-0.39, 0.29) is 0 Å². The summed E-state index contributed by atoms with van der Waals surface area (Å²) >= 11 is 5.87. The molecule has 1 aliphatic rings. The zero-order chi connectivity index (χ0) is 10.6. The molecule has 78 valence electrons. The molecule has 0 radical (unpaired) electrons. The van der Waals surface area contributed by atoms with E-state index in [1.165, 1.54) is 0 Å². The van der Waals surface area contributed by atoms with Crippen molar-refractivity contribution >= 4 is 11.6 Å². The van der Waals surface area contributed by atoms with Crippen LogP contribution in [0.15, 0.2) is 12.5 Å². The van der Waals surface area contributed by atoms with E-state index in [0.717, 1.165) is 5.69 Å². The van der Waals surface area contributed by atoms with Gasteiger partial charge in [-0.2, -0.15) is 0 Å². The summed E-state index contributed by atoms with van der Waals surface area (Å²) in [6, 6.07) is 0.534. The van der Waals surface area contributed by atoms with Gasteiger partial charge in [0.05, 0.1) is 17.9 Å². The lowest BCUT2D eigenvalue weighted by atomic mass is 10.0. The number of aromatic nitrogens is 2. The minimum Gasteiger partial charge on any atom is -0.329 e. The number of hydrogen-bond donors (Lipinski definition) is 0. The smallest absolute Gasteiger partial charge is 0.0951 e. The maximum atomic E-state index is 5.87. The first-order chi connectivity index (χ1) is 6.43. The lowest BCUT2D eigenvalue weighted by Crippen LogP contribution is -2.02. The van der Waals surface area contributed by atoms with E-state index in [0.29, 0.717) is 22.8 Å². The van der Waals surface area contributed by atoms with Crippen LogP contribution >= 0.6 is 11.6 Å². The highest BCUT2D eigenvalue weighted by atomic mass is 35.5. The van der Waals surface area contributed by atoms with Crippen molar-refractivity contribution in [1.29, 1.82) is 0 Å². The molecule has 0 N–H and O–H groups in total. The molecule has 2 nitrogen and oxygen atoms in total. The molecule has 0 aromatic carbocycles. The zero-order valence-corrected chi connectivity index (χ0v) is 9.97. The van der Waals surface area contributed by atoms with Crippen molar-refractivity contribution in [3.05, 3.63) is 18.2 Å². The number of nitrogens with zero attached hydrogens (tertiary/aromatic N) is 2. The molecule has 14 heavy (non-hydrogen) atoms. The Morgan fingerprint density at radius 3 is 2.36 bits per heavy atom. The summed E-state index contributed by atoms with van der Waals surface area (Å²) in [5, 5.41) is 0. The average molecular weight is 213 g/mol. The van der Waals surface area contributed by atoms with E-state index >= 15 is 0 Å². The van der Waals surface area contributed by atoms with Crippen LogP contribution in [0.1, 0.15) is 39.4 Å². The number of rotatable bonds is 2. The molecule has 1 aliphatic carbocycles. The van der Waals surface area contributed by atoms with Crippen LogP contribution < -0.4 is 0 Å². The summed E-state index contributed by atoms with van der Waals surface area (Å²) in [6.45, 7) is 9.21. The van der Waals surface area contributed by atoms with Crippen LogP contribution in [0.2, 0.25) is 0 Å². The Kier molecular flexibility index (Phi) is 1.97. The molecule has 1 aromatic rings. The maximum Gasteiger partial charge on any atom is 0.0951 e. The normalized spacial score (nSPS) is 23.8. The summed E-state index contributed by atoms with van der Waals surface area (Å²) < 4.78 is 2.23. The van der Waals surface area contributed by atoms with Crippen molar-refractivity contribution in [2.45, 2.75) is 39.6 Å². The highest BCUT2D eigenvalue weighted by molar-refractivity contribution is 6.16. The van der Waals surface area contributed by atoms with E-state index in [1.807, 2.05) is 12.5 Å². The van der Waals surface area contributed by atoms with Gasteiger partial charge in [-0.15, -0.1) is 11.6 Å². The molecule has 0 atom stereocenters. The molecule has 0 amide bonds. The van der Waals surface area contributed by atoms with Gasteiger partial charge in [0, 0.05) is 12.2 Å². The van der Waals surface area contributed by atoms with E-state index < -0.39 is 0 Å². The predicted octanol–water partition coefficient (Wildman–Crippen LogP) is 3.23. The maximum absolute atomic E-state index is 5.87. The monoisotopic (exact) mass is 212 g/mol. The van der Waals surface area contributed by atoms with E-state index in [2.05, 4.69) is 37.2 Å². The van der Waals surface area contributed by atoms with E-state index in [4.69, 9.17) is 11.6 Å². The van der Waals surface area contributed by atoms with Gasteiger partial charge in [-0.3, -0.25) is 0 Å². The van der Waals surface area contributed by atoms with Crippen molar-refractivity contribution in [3.8, 4) is 0 Å². The van der Waals surface area contributed by atoms with Gasteiger partial charge in [0.15, 0.2) is 0 Å². The minimum absolute atomic E-state index is 0.342. The number of halogens is 1. The van der Waals surface area contributed by atoms with Gasteiger partial charge in [0.1, 0.15) is 0 Å². The van der Waals surface area contributed by atoms with Gasteiger partial charge in [-0.05, 0) is 10.8 Å². The highest BCUT2D eigenvalue weighted by Crippen LogP contribution is 2.71. The molecule has 3 heteroatoms. The first kappa shape index (κ1) is 10.0.